The Morgan fingerprint density at radius 3 is 2.46 bits per heavy atom. The third kappa shape index (κ3) is 3.99. The predicted molar refractivity (Wildman–Crippen MR) is 108 cm³/mol. The number of hydrogen-bond donors (Lipinski definition) is 0. The standard InChI is InChI=1S/C18H10ClF2IN2O4/c1-23-8-11(12(19)5-18(23)25)10-4-9(24(26)27)2-3-16(10)28-17-7-14(21)13(20)6-15(17)22/h2-8H,1H3. The van der Waals surface area contributed by atoms with Crippen LogP contribution in [0.2, 0.25) is 5.02 Å². The number of aryl methyl sites for hydroxylation is 1. The number of halogens is 4. The van der Waals surface area contributed by atoms with E-state index < -0.39 is 16.6 Å². The Morgan fingerprint density at radius 1 is 1.11 bits per heavy atom. The Balaban J connectivity index is 2.20. The molecule has 0 aliphatic rings. The van der Waals surface area contributed by atoms with Gasteiger partial charge in [0.05, 0.1) is 13.5 Å². The van der Waals surface area contributed by atoms with Gasteiger partial charge in [-0.2, -0.15) is 0 Å². The zero-order valence-electron chi connectivity index (χ0n) is 14.1. The number of non-ortho nitro benzene ring substituents is 1. The first-order valence-corrected chi connectivity index (χ1v) is 9.10. The summed E-state index contributed by atoms with van der Waals surface area (Å²) >= 11 is 7.95. The molecule has 3 rings (SSSR count). The summed E-state index contributed by atoms with van der Waals surface area (Å²) in [5, 5.41) is 11.2. The van der Waals surface area contributed by atoms with Gasteiger partial charge in [0.2, 0.25) is 0 Å². The molecule has 10 heteroatoms. The highest BCUT2D eigenvalue weighted by Crippen LogP contribution is 2.40. The highest BCUT2D eigenvalue weighted by Gasteiger charge is 2.19. The highest BCUT2D eigenvalue weighted by atomic mass is 127. The van der Waals surface area contributed by atoms with Gasteiger partial charge in [-0.05, 0) is 34.7 Å². The molecule has 0 fully saturated rings. The molecular weight excluding hydrogens is 509 g/mol. The predicted octanol–water partition coefficient (Wildman–Crippen LogP) is 5.29. The summed E-state index contributed by atoms with van der Waals surface area (Å²) in [5.41, 5.74) is -0.0700. The minimum absolute atomic E-state index is 0.0237. The normalized spacial score (nSPS) is 10.8. The summed E-state index contributed by atoms with van der Waals surface area (Å²) in [7, 11) is 1.50. The maximum Gasteiger partial charge on any atom is 0.270 e. The van der Waals surface area contributed by atoms with Crippen molar-refractivity contribution in [2.75, 3.05) is 0 Å². The summed E-state index contributed by atoms with van der Waals surface area (Å²) in [4.78, 5) is 22.3. The Hall–Kier alpha value is -2.53. The molecule has 1 heterocycles. The second-order valence-electron chi connectivity index (χ2n) is 5.72. The fourth-order valence-corrected chi connectivity index (χ4v) is 3.22. The van der Waals surface area contributed by atoms with Crippen molar-refractivity contribution in [2.24, 2.45) is 7.05 Å². The van der Waals surface area contributed by atoms with Crippen LogP contribution in [-0.4, -0.2) is 9.49 Å². The summed E-state index contributed by atoms with van der Waals surface area (Å²) in [6.45, 7) is 0. The molecule has 144 valence electrons. The number of pyridine rings is 1. The number of aromatic nitrogens is 1. The molecule has 3 aromatic rings. The lowest BCUT2D eigenvalue weighted by molar-refractivity contribution is -0.384. The molecule has 0 bridgehead atoms. The van der Waals surface area contributed by atoms with E-state index in [1.54, 1.807) is 22.6 Å². The maximum atomic E-state index is 13.6. The molecule has 0 radical (unpaired) electrons. The Kier molecular flexibility index (Phi) is 5.66. The highest BCUT2D eigenvalue weighted by molar-refractivity contribution is 14.1. The summed E-state index contributed by atoms with van der Waals surface area (Å²) in [5.74, 6) is -1.98. The van der Waals surface area contributed by atoms with Crippen molar-refractivity contribution in [1.82, 2.24) is 4.57 Å². The Labute approximate surface area is 175 Å². The molecule has 0 unspecified atom stereocenters. The fourth-order valence-electron chi connectivity index (χ4n) is 2.44. The third-order valence-corrected chi connectivity index (χ3v) is 4.99. The average Bonchev–Trinajstić information content (AvgIpc) is 2.63. The van der Waals surface area contributed by atoms with Crippen LogP contribution in [0.4, 0.5) is 14.5 Å². The molecule has 0 aliphatic heterocycles. The van der Waals surface area contributed by atoms with Crippen LogP contribution in [0.3, 0.4) is 0 Å². The van der Waals surface area contributed by atoms with Gasteiger partial charge >= 0.3 is 0 Å². The van der Waals surface area contributed by atoms with E-state index in [1.807, 2.05) is 0 Å². The number of ether oxygens (including phenoxy) is 1. The van der Waals surface area contributed by atoms with Gasteiger partial charge in [0.15, 0.2) is 11.6 Å². The van der Waals surface area contributed by atoms with Crippen LogP contribution >= 0.6 is 34.2 Å². The summed E-state index contributed by atoms with van der Waals surface area (Å²) in [6, 6.07) is 6.78. The Bertz CT molecular complexity index is 1170. The molecule has 0 aliphatic carbocycles. The van der Waals surface area contributed by atoms with E-state index >= 15 is 0 Å². The first-order chi connectivity index (χ1) is 13.2. The second kappa shape index (κ2) is 7.84. The molecule has 0 spiro atoms. The maximum absolute atomic E-state index is 13.6. The van der Waals surface area contributed by atoms with E-state index in [0.717, 1.165) is 12.1 Å². The quantitative estimate of drug-likeness (QED) is 0.204. The zero-order chi connectivity index (χ0) is 20.6. The lowest BCUT2D eigenvalue weighted by Gasteiger charge is -2.14. The van der Waals surface area contributed by atoms with Crippen molar-refractivity contribution in [3.8, 4) is 22.6 Å². The van der Waals surface area contributed by atoms with Crippen molar-refractivity contribution in [3.63, 3.8) is 0 Å². The van der Waals surface area contributed by atoms with E-state index in [9.17, 15) is 23.7 Å². The minimum Gasteiger partial charge on any atom is -0.455 e. The van der Waals surface area contributed by atoms with Crippen LogP contribution in [0.5, 0.6) is 11.5 Å². The Morgan fingerprint density at radius 2 is 1.79 bits per heavy atom. The second-order valence-corrected chi connectivity index (χ2v) is 7.29. The molecule has 0 saturated heterocycles. The SMILES string of the molecule is Cn1cc(-c2cc([N+](=O)[O-])ccc2Oc2cc(F)c(F)cc2I)c(Cl)cc1=O. The van der Waals surface area contributed by atoms with Gasteiger partial charge < -0.3 is 9.30 Å². The van der Waals surface area contributed by atoms with Gasteiger partial charge in [0.1, 0.15) is 11.5 Å². The molecule has 1 aromatic heterocycles. The monoisotopic (exact) mass is 518 g/mol. The van der Waals surface area contributed by atoms with Gasteiger partial charge in [-0.25, -0.2) is 8.78 Å². The first kappa shape index (κ1) is 20.2. The summed E-state index contributed by atoms with van der Waals surface area (Å²) < 4.78 is 34.2. The smallest absolute Gasteiger partial charge is 0.270 e. The molecule has 2 aromatic carbocycles. The lowest BCUT2D eigenvalue weighted by Crippen LogP contribution is -2.14. The van der Waals surface area contributed by atoms with Crippen LogP contribution in [-0.2, 0) is 7.05 Å². The van der Waals surface area contributed by atoms with Gasteiger partial charge in [-0.1, -0.05) is 11.6 Å². The number of rotatable bonds is 4. The lowest BCUT2D eigenvalue weighted by atomic mass is 10.1. The average molecular weight is 519 g/mol. The number of nitrogens with zero attached hydrogens (tertiary/aromatic N) is 2. The van der Waals surface area contributed by atoms with E-state index in [-0.39, 0.29) is 33.3 Å². The van der Waals surface area contributed by atoms with Gasteiger partial charge in [0, 0.05) is 48.6 Å². The van der Waals surface area contributed by atoms with Crippen LogP contribution in [0.15, 0.2) is 47.4 Å². The number of benzene rings is 2. The van der Waals surface area contributed by atoms with E-state index in [4.69, 9.17) is 16.3 Å². The molecule has 6 nitrogen and oxygen atoms in total. The third-order valence-electron chi connectivity index (χ3n) is 3.84. The van der Waals surface area contributed by atoms with Crippen LogP contribution < -0.4 is 10.3 Å². The molecule has 28 heavy (non-hydrogen) atoms. The minimum atomic E-state index is -1.10. The summed E-state index contributed by atoms with van der Waals surface area (Å²) in [6.07, 6.45) is 1.41. The largest absolute Gasteiger partial charge is 0.455 e. The molecule has 0 atom stereocenters. The van der Waals surface area contributed by atoms with Crippen LogP contribution in [0.25, 0.3) is 11.1 Å². The van der Waals surface area contributed by atoms with E-state index in [2.05, 4.69) is 0 Å². The molecular formula is C18H10ClF2IN2O4. The van der Waals surface area contributed by atoms with Crippen LogP contribution in [0, 0.1) is 25.3 Å². The van der Waals surface area contributed by atoms with Crippen molar-refractivity contribution in [2.45, 2.75) is 0 Å². The molecule has 0 amide bonds. The van der Waals surface area contributed by atoms with Gasteiger partial charge in [0.25, 0.3) is 11.2 Å². The first-order valence-electron chi connectivity index (χ1n) is 7.64. The van der Waals surface area contributed by atoms with E-state index in [0.29, 0.717) is 9.13 Å². The number of nitro benzene ring substituents is 1. The van der Waals surface area contributed by atoms with Crippen molar-refractivity contribution >= 4 is 39.9 Å². The number of nitro groups is 1. The van der Waals surface area contributed by atoms with Crippen molar-refractivity contribution < 1.29 is 18.4 Å². The van der Waals surface area contributed by atoms with Crippen LogP contribution in [0.1, 0.15) is 0 Å². The fraction of sp³-hybridized carbons (Fsp3) is 0.0556. The molecule has 0 N–H and O–H groups in total. The molecule has 0 saturated carbocycles. The van der Waals surface area contributed by atoms with Gasteiger partial charge in [-0.15, -0.1) is 0 Å². The van der Waals surface area contributed by atoms with Crippen molar-refractivity contribution in [3.05, 3.63) is 83.3 Å². The van der Waals surface area contributed by atoms with Crippen molar-refractivity contribution in [1.29, 1.82) is 0 Å². The number of hydrogen-bond acceptors (Lipinski definition) is 4. The zero-order valence-corrected chi connectivity index (χ0v) is 17.0. The van der Waals surface area contributed by atoms with Gasteiger partial charge in [-0.3, -0.25) is 14.9 Å². The topological polar surface area (TPSA) is 74.4 Å². The van der Waals surface area contributed by atoms with E-state index in [1.165, 1.54) is 42.1 Å².